The van der Waals surface area contributed by atoms with Crippen LogP contribution in [0.5, 0.6) is 5.19 Å². The molecule has 8 nitrogen and oxygen atoms in total. The zero-order valence-electron chi connectivity index (χ0n) is 20.5. The van der Waals surface area contributed by atoms with E-state index >= 15 is 0 Å². The lowest BCUT2D eigenvalue weighted by Gasteiger charge is -2.37. The summed E-state index contributed by atoms with van der Waals surface area (Å²) in [5.74, 6) is -0.519. The number of likely N-dealkylation sites (tertiary alicyclic amines) is 1. The number of carbonyl (C=O) groups is 1. The monoisotopic (exact) mass is 589 g/mol. The number of methoxy groups -OCH3 is 1. The van der Waals surface area contributed by atoms with E-state index < -0.39 is 24.2 Å². The minimum absolute atomic E-state index is 0.00160. The van der Waals surface area contributed by atoms with Crippen molar-refractivity contribution in [3.63, 3.8) is 0 Å². The Bertz CT molecular complexity index is 1190. The third-order valence-corrected chi connectivity index (χ3v) is 8.22. The van der Waals surface area contributed by atoms with Crippen LogP contribution in [0.2, 0.25) is 5.02 Å². The van der Waals surface area contributed by atoms with E-state index in [0.717, 1.165) is 30.2 Å². The first-order valence-electron chi connectivity index (χ1n) is 12.0. The van der Waals surface area contributed by atoms with Crippen LogP contribution in [0.15, 0.2) is 23.7 Å². The van der Waals surface area contributed by atoms with Crippen molar-refractivity contribution in [2.45, 2.75) is 31.7 Å². The molecule has 1 saturated heterocycles. The van der Waals surface area contributed by atoms with Crippen LogP contribution < -0.4 is 10.1 Å². The molecule has 1 amide bonds. The first-order chi connectivity index (χ1) is 18.4. The van der Waals surface area contributed by atoms with Crippen molar-refractivity contribution in [3.05, 3.63) is 56.5 Å². The molecule has 4 rings (SSSR count). The summed E-state index contributed by atoms with van der Waals surface area (Å²) < 4.78 is 56.8. The highest BCUT2D eigenvalue weighted by Crippen LogP contribution is 2.35. The summed E-state index contributed by atoms with van der Waals surface area (Å²) in [6, 6.07) is 3.42. The highest BCUT2D eigenvalue weighted by Gasteiger charge is 2.32. The van der Waals surface area contributed by atoms with E-state index in [1.165, 1.54) is 29.2 Å². The second-order valence-electron chi connectivity index (χ2n) is 8.73. The van der Waals surface area contributed by atoms with Gasteiger partial charge in [-0.2, -0.15) is 9.36 Å². The number of benzene rings is 1. The van der Waals surface area contributed by atoms with Crippen LogP contribution in [0.3, 0.4) is 0 Å². The summed E-state index contributed by atoms with van der Waals surface area (Å²) in [4.78, 5) is 23.4. The van der Waals surface area contributed by atoms with E-state index in [-0.39, 0.29) is 28.7 Å². The number of amides is 1. The molecular formula is C24H27ClF3N5O3S2. The molecule has 1 aliphatic rings. The third kappa shape index (κ3) is 7.20. The molecule has 3 aromatic rings. The summed E-state index contributed by atoms with van der Waals surface area (Å²) in [6.07, 6.45) is -0.598. The molecule has 2 aromatic heterocycles. The van der Waals surface area contributed by atoms with Crippen molar-refractivity contribution in [2.24, 2.45) is 5.92 Å². The van der Waals surface area contributed by atoms with Gasteiger partial charge < -0.3 is 14.8 Å². The summed E-state index contributed by atoms with van der Waals surface area (Å²) in [5, 5.41) is 3.18. The van der Waals surface area contributed by atoms with Gasteiger partial charge in [0.05, 0.1) is 40.2 Å². The molecule has 38 heavy (non-hydrogen) atoms. The highest BCUT2D eigenvalue weighted by molar-refractivity contribution is 7.09. The Hall–Kier alpha value is -2.32. The number of nitrogens with one attached hydrogen (secondary N) is 1. The van der Waals surface area contributed by atoms with E-state index in [1.54, 1.807) is 7.11 Å². The number of hydrogen-bond acceptors (Lipinski definition) is 9. The number of piperidine rings is 1. The third-order valence-electron chi connectivity index (χ3n) is 6.29. The van der Waals surface area contributed by atoms with Crippen molar-refractivity contribution < 1.29 is 27.4 Å². The Morgan fingerprint density at radius 3 is 2.82 bits per heavy atom. The van der Waals surface area contributed by atoms with E-state index in [2.05, 4.69) is 19.7 Å². The second kappa shape index (κ2) is 13.7. The zero-order chi connectivity index (χ0) is 27.1. The number of halogens is 4. The number of rotatable bonds is 12. The highest BCUT2D eigenvalue weighted by atomic mass is 35.5. The van der Waals surface area contributed by atoms with Crippen LogP contribution in [0.1, 0.15) is 52.1 Å². The van der Waals surface area contributed by atoms with Gasteiger partial charge in [0.25, 0.3) is 17.5 Å². The van der Waals surface area contributed by atoms with Gasteiger partial charge in [0, 0.05) is 31.6 Å². The maximum absolute atomic E-state index is 14.2. The molecule has 0 spiro atoms. The first-order valence-corrected chi connectivity index (χ1v) is 14.0. The minimum atomic E-state index is -2.75. The van der Waals surface area contributed by atoms with Gasteiger partial charge in [0.2, 0.25) is 0 Å². The van der Waals surface area contributed by atoms with Crippen molar-refractivity contribution >= 4 is 40.4 Å². The lowest BCUT2D eigenvalue weighted by atomic mass is 9.96. The van der Waals surface area contributed by atoms with Gasteiger partial charge in [-0.15, -0.1) is 11.3 Å². The topological polar surface area (TPSA) is 89.5 Å². The van der Waals surface area contributed by atoms with Gasteiger partial charge in [0.15, 0.2) is 0 Å². The first kappa shape index (κ1) is 28.7. The van der Waals surface area contributed by atoms with Crippen LogP contribution in [0.4, 0.5) is 13.2 Å². The van der Waals surface area contributed by atoms with E-state index in [1.807, 2.05) is 4.90 Å². The number of thiazole rings is 1. The van der Waals surface area contributed by atoms with Gasteiger partial charge in [-0.05, 0) is 44.0 Å². The average Bonchev–Trinajstić information content (AvgIpc) is 3.57. The molecule has 1 aliphatic heterocycles. The number of hydrogen-bond donors (Lipinski definition) is 1. The summed E-state index contributed by atoms with van der Waals surface area (Å²) >= 11 is 8.35. The number of carbonyl (C=O) groups excluding carboxylic acids is 1. The Balaban J connectivity index is 1.38. The van der Waals surface area contributed by atoms with Crippen molar-refractivity contribution in [2.75, 3.05) is 40.0 Å². The van der Waals surface area contributed by atoms with Gasteiger partial charge in [-0.3, -0.25) is 9.69 Å². The fourth-order valence-electron chi connectivity index (χ4n) is 4.27. The molecule has 1 N–H and O–H groups in total. The molecule has 1 atom stereocenters. The van der Waals surface area contributed by atoms with Crippen molar-refractivity contribution in [1.82, 2.24) is 24.6 Å². The number of nitrogens with zero attached hydrogens (tertiary/aromatic N) is 4. The Morgan fingerprint density at radius 1 is 1.32 bits per heavy atom. The molecule has 0 bridgehead atoms. The van der Waals surface area contributed by atoms with Gasteiger partial charge >= 0.3 is 0 Å². The van der Waals surface area contributed by atoms with Crippen molar-refractivity contribution in [1.29, 1.82) is 0 Å². The number of ether oxygens (including phenoxy) is 2. The molecular weight excluding hydrogens is 563 g/mol. The summed E-state index contributed by atoms with van der Waals surface area (Å²) in [5.41, 5.74) is 0.802. The molecule has 1 unspecified atom stereocenters. The normalized spacial score (nSPS) is 15.6. The average molecular weight is 590 g/mol. The Morgan fingerprint density at radius 2 is 2.11 bits per heavy atom. The number of aromatic nitrogens is 3. The van der Waals surface area contributed by atoms with Gasteiger partial charge in [-0.1, -0.05) is 17.7 Å². The molecule has 3 heterocycles. The molecule has 0 saturated carbocycles. The lowest BCUT2D eigenvalue weighted by Crippen LogP contribution is -2.43. The lowest BCUT2D eigenvalue weighted by molar-refractivity contribution is 0.0870. The zero-order valence-corrected chi connectivity index (χ0v) is 22.9. The summed E-state index contributed by atoms with van der Waals surface area (Å²) in [7, 11) is 1.62. The standard InChI is InChI=1S/C24H27ClF3N5O3S2/c1-35-10-7-18-31-24(38-32-18)36-12-14-5-8-33(9-6-14)17(21-20(22(27)28)30-13-37-21)11-29-23(34)19-15(25)3-2-4-16(19)26/h2-4,13-14,17,22H,5-12H2,1H3,(H,29,34). The smallest absolute Gasteiger partial charge is 0.293 e. The molecule has 1 fully saturated rings. The van der Waals surface area contributed by atoms with Crippen molar-refractivity contribution in [3.8, 4) is 5.19 Å². The largest absolute Gasteiger partial charge is 0.469 e. The number of alkyl halides is 2. The quantitative estimate of drug-likeness (QED) is 0.311. The van der Waals surface area contributed by atoms with E-state index in [9.17, 15) is 18.0 Å². The van der Waals surface area contributed by atoms with E-state index in [4.69, 9.17) is 21.1 Å². The molecule has 14 heteroatoms. The van der Waals surface area contributed by atoms with Crippen LogP contribution in [0.25, 0.3) is 0 Å². The molecule has 0 aliphatic carbocycles. The van der Waals surface area contributed by atoms with E-state index in [0.29, 0.717) is 48.6 Å². The molecule has 0 radical (unpaired) electrons. The predicted molar refractivity (Wildman–Crippen MR) is 139 cm³/mol. The maximum atomic E-state index is 14.2. The second-order valence-corrected chi connectivity index (χ2v) is 10.7. The van der Waals surface area contributed by atoms with Crippen LogP contribution >= 0.6 is 34.5 Å². The molecule has 206 valence electrons. The maximum Gasteiger partial charge on any atom is 0.293 e. The predicted octanol–water partition coefficient (Wildman–Crippen LogP) is 5.18. The van der Waals surface area contributed by atoms with Gasteiger partial charge in [0.1, 0.15) is 17.3 Å². The summed E-state index contributed by atoms with van der Waals surface area (Å²) in [6.45, 7) is 2.22. The fourth-order valence-corrected chi connectivity index (χ4v) is 6.03. The van der Waals surface area contributed by atoms with Gasteiger partial charge in [-0.25, -0.2) is 18.2 Å². The Kier molecular flexibility index (Phi) is 10.3. The Labute approximate surface area is 231 Å². The SMILES string of the molecule is COCCc1nsc(OCC2CCN(C(CNC(=O)c3c(F)cccc3Cl)c3scnc3C(F)F)CC2)n1. The minimum Gasteiger partial charge on any atom is -0.469 e. The van der Waals surface area contributed by atoms with Crippen LogP contribution in [-0.2, 0) is 11.2 Å². The fraction of sp³-hybridized carbons (Fsp3) is 0.500. The van der Waals surface area contributed by atoms with Crippen LogP contribution in [0, 0.1) is 11.7 Å². The van der Waals surface area contributed by atoms with Crippen LogP contribution in [-0.4, -0.2) is 65.1 Å². The molecule has 1 aromatic carbocycles.